The summed E-state index contributed by atoms with van der Waals surface area (Å²) in [7, 11) is 1.50. The summed E-state index contributed by atoms with van der Waals surface area (Å²) in [6.07, 6.45) is 1.34. The fourth-order valence-corrected chi connectivity index (χ4v) is 2.65. The van der Waals surface area contributed by atoms with Crippen LogP contribution in [0.2, 0.25) is 0 Å². The first-order chi connectivity index (χ1) is 12.6. The molecule has 0 saturated heterocycles. The van der Waals surface area contributed by atoms with Crippen LogP contribution in [0.3, 0.4) is 0 Å². The molecule has 0 aliphatic heterocycles. The third kappa shape index (κ3) is 5.86. The first-order valence-corrected chi connectivity index (χ1v) is 8.81. The van der Waals surface area contributed by atoms with Gasteiger partial charge in [0.2, 0.25) is 0 Å². The number of hydrazine groups is 1. The number of nitrogens with one attached hydrogen (secondary N) is 2. The molecule has 0 aliphatic rings. The Labute approximate surface area is 156 Å². The normalized spacial score (nSPS) is 10.4. The van der Waals surface area contributed by atoms with E-state index in [-0.39, 0.29) is 0 Å². The number of benzene rings is 2. The molecule has 0 fully saturated rings. The van der Waals surface area contributed by atoms with E-state index in [4.69, 9.17) is 9.47 Å². The molecule has 2 rings (SSSR count). The lowest BCUT2D eigenvalue weighted by atomic mass is 10.2. The van der Waals surface area contributed by atoms with E-state index >= 15 is 0 Å². The van der Waals surface area contributed by atoms with Crippen LogP contribution in [0.15, 0.2) is 64.9 Å². The van der Waals surface area contributed by atoms with Gasteiger partial charge in [0.1, 0.15) is 0 Å². The SMILES string of the molecule is CCOc1ccc(C(=O)NNC(=O)/C=C/Sc2ccccc2)cc1OC. The number of ether oxygens (including phenoxy) is 2. The standard InChI is InChI=1S/C19H20N2O4S/c1-3-25-16-10-9-14(13-17(16)24-2)19(23)21-20-18(22)11-12-26-15-7-5-4-6-8-15/h4-13H,3H2,1-2H3,(H,20,22)(H,21,23)/b12-11+. The summed E-state index contributed by atoms with van der Waals surface area (Å²) in [5.74, 6) is 0.116. The van der Waals surface area contributed by atoms with Crippen molar-refractivity contribution in [1.29, 1.82) is 0 Å². The molecule has 2 amide bonds. The molecule has 2 aromatic rings. The van der Waals surface area contributed by atoms with Crippen molar-refractivity contribution in [2.45, 2.75) is 11.8 Å². The molecular weight excluding hydrogens is 352 g/mol. The lowest BCUT2D eigenvalue weighted by molar-refractivity contribution is -0.117. The van der Waals surface area contributed by atoms with Gasteiger partial charge < -0.3 is 9.47 Å². The second-order valence-corrected chi connectivity index (χ2v) is 5.95. The van der Waals surface area contributed by atoms with Gasteiger partial charge in [-0.05, 0) is 42.7 Å². The smallest absolute Gasteiger partial charge is 0.269 e. The minimum atomic E-state index is -0.455. The number of rotatable bonds is 7. The number of amides is 2. The van der Waals surface area contributed by atoms with E-state index in [2.05, 4.69) is 10.9 Å². The van der Waals surface area contributed by atoms with Gasteiger partial charge in [-0.3, -0.25) is 20.4 Å². The summed E-state index contributed by atoms with van der Waals surface area (Å²) in [6.45, 7) is 2.35. The number of carbonyl (C=O) groups excluding carboxylic acids is 2. The number of hydrogen-bond acceptors (Lipinski definition) is 5. The molecule has 0 aromatic heterocycles. The van der Waals surface area contributed by atoms with Crippen LogP contribution in [-0.4, -0.2) is 25.5 Å². The zero-order chi connectivity index (χ0) is 18.8. The van der Waals surface area contributed by atoms with E-state index in [1.165, 1.54) is 24.9 Å². The van der Waals surface area contributed by atoms with Crippen molar-refractivity contribution in [3.05, 3.63) is 65.6 Å². The third-order valence-corrected chi connectivity index (χ3v) is 4.01. The van der Waals surface area contributed by atoms with Gasteiger partial charge in [0, 0.05) is 16.5 Å². The molecule has 0 unspecified atom stereocenters. The lowest BCUT2D eigenvalue weighted by Crippen LogP contribution is -2.40. The fraction of sp³-hybridized carbons (Fsp3) is 0.158. The highest BCUT2D eigenvalue weighted by atomic mass is 32.2. The Morgan fingerprint density at radius 2 is 1.85 bits per heavy atom. The molecule has 0 radical (unpaired) electrons. The molecule has 0 aliphatic carbocycles. The second kappa shape index (κ2) is 10.1. The molecule has 0 bridgehead atoms. The fourth-order valence-electron chi connectivity index (χ4n) is 1.99. The van der Waals surface area contributed by atoms with Crippen molar-refractivity contribution in [2.75, 3.05) is 13.7 Å². The van der Waals surface area contributed by atoms with Crippen molar-refractivity contribution < 1.29 is 19.1 Å². The largest absolute Gasteiger partial charge is 0.493 e. The predicted molar refractivity (Wildman–Crippen MR) is 101 cm³/mol. The molecule has 7 heteroatoms. The Bertz CT molecular complexity index is 778. The molecule has 2 aromatic carbocycles. The zero-order valence-electron chi connectivity index (χ0n) is 14.5. The number of hydrogen-bond donors (Lipinski definition) is 2. The summed E-state index contributed by atoms with van der Waals surface area (Å²) in [4.78, 5) is 24.9. The Morgan fingerprint density at radius 3 is 2.54 bits per heavy atom. The highest BCUT2D eigenvalue weighted by Crippen LogP contribution is 2.27. The highest BCUT2D eigenvalue weighted by molar-refractivity contribution is 8.02. The summed E-state index contributed by atoms with van der Waals surface area (Å²) in [5, 5.41) is 1.65. The topological polar surface area (TPSA) is 76.7 Å². The van der Waals surface area contributed by atoms with Crippen LogP contribution in [0.5, 0.6) is 11.5 Å². The van der Waals surface area contributed by atoms with Crippen molar-refractivity contribution >= 4 is 23.6 Å². The highest BCUT2D eigenvalue weighted by Gasteiger charge is 2.11. The van der Waals surface area contributed by atoms with Crippen molar-refractivity contribution in [1.82, 2.24) is 10.9 Å². The van der Waals surface area contributed by atoms with Crippen LogP contribution in [-0.2, 0) is 4.79 Å². The monoisotopic (exact) mass is 372 g/mol. The lowest BCUT2D eigenvalue weighted by Gasteiger charge is -2.11. The molecule has 0 spiro atoms. The van der Waals surface area contributed by atoms with E-state index in [0.29, 0.717) is 23.7 Å². The maximum absolute atomic E-state index is 12.1. The first-order valence-electron chi connectivity index (χ1n) is 7.93. The summed E-state index contributed by atoms with van der Waals surface area (Å²) >= 11 is 1.41. The summed E-state index contributed by atoms with van der Waals surface area (Å²) in [5.41, 5.74) is 5.03. The maximum Gasteiger partial charge on any atom is 0.269 e. The first kappa shape index (κ1) is 19.4. The van der Waals surface area contributed by atoms with Crippen molar-refractivity contribution in [3.8, 4) is 11.5 Å². The minimum absolute atomic E-state index is 0.341. The number of carbonyl (C=O) groups is 2. The van der Waals surface area contributed by atoms with Crippen LogP contribution >= 0.6 is 11.8 Å². The second-order valence-electron chi connectivity index (χ2n) is 4.98. The van der Waals surface area contributed by atoms with Gasteiger partial charge >= 0.3 is 0 Å². The van der Waals surface area contributed by atoms with E-state index in [9.17, 15) is 9.59 Å². The predicted octanol–water partition coefficient (Wildman–Crippen LogP) is 3.16. The van der Waals surface area contributed by atoms with Crippen LogP contribution in [0.4, 0.5) is 0 Å². The zero-order valence-corrected chi connectivity index (χ0v) is 15.3. The summed E-state index contributed by atoms with van der Waals surface area (Å²) in [6, 6.07) is 14.4. The molecule has 0 saturated carbocycles. The number of methoxy groups -OCH3 is 1. The van der Waals surface area contributed by atoms with E-state index < -0.39 is 11.8 Å². The molecule has 0 heterocycles. The Hall–Kier alpha value is -2.93. The van der Waals surface area contributed by atoms with Crippen LogP contribution < -0.4 is 20.3 Å². The molecule has 2 N–H and O–H groups in total. The minimum Gasteiger partial charge on any atom is -0.493 e. The van der Waals surface area contributed by atoms with Gasteiger partial charge in [0.25, 0.3) is 11.8 Å². The van der Waals surface area contributed by atoms with Crippen molar-refractivity contribution in [2.24, 2.45) is 0 Å². The van der Waals surface area contributed by atoms with E-state index in [1.54, 1.807) is 23.6 Å². The van der Waals surface area contributed by atoms with Gasteiger partial charge in [-0.15, -0.1) is 0 Å². The van der Waals surface area contributed by atoms with Gasteiger partial charge in [-0.2, -0.15) is 0 Å². The molecule has 136 valence electrons. The Morgan fingerprint density at radius 1 is 1.08 bits per heavy atom. The third-order valence-electron chi connectivity index (χ3n) is 3.19. The molecule has 26 heavy (non-hydrogen) atoms. The average Bonchev–Trinajstić information content (AvgIpc) is 2.67. The molecule has 0 atom stereocenters. The number of thioether (sulfide) groups is 1. The van der Waals surface area contributed by atoms with E-state index in [0.717, 1.165) is 4.90 Å². The van der Waals surface area contributed by atoms with Crippen molar-refractivity contribution in [3.63, 3.8) is 0 Å². The van der Waals surface area contributed by atoms with Crippen LogP contribution in [0, 0.1) is 0 Å². The van der Waals surface area contributed by atoms with Gasteiger partial charge in [0.15, 0.2) is 11.5 Å². The van der Waals surface area contributed by atoms with Crippen LogP contribution in [0.25, 0.3) is 0 Å². The quantitative estimate of drug-likeness (QED) is 0.444. The molecular formula is C19H20N2O4S. The Balaban J connectivity index is 1.86. The van der Waals surface area contributed by atoms with Crippen LogP contribution in [0.1, 0.15) is 17.3 Å². The van der Waals surface area contributed by atoms with Gasteiger partial charge in [-0.1, -0.05) is 30.0 Å². The maximum atomic E-state index is 12.1. The molecule has 6 nitrogen and oxygen atoms in total. The van der Waals surface area contributed by atoms with E-state index in [1.807, 2.05) is 37.3 Å². The van der Waals surface area contributed by atoms with Gasteiger partial charge in [-0.25, -0.2) is 0 Å². The van der Waals surface area contributed by atoms with Gasteiger partial charge in [0.05, 0.1) is 13.7 Å². The Kier molecular flexibility index (Phi) is 7.57. The summed E-state index contributed by atoms with van der Waals surface area (Å²) < 4.78 is 10.6. The average molecular weight is 372 g/mol.